The first-order valence-corrected chi connectivity index (χ1v) is 17.1. The van der Waals surface area contributed by atoms with Gasteiger partial charge in [-0.05, 0) is 41.7 Å². The van der Waals surface area contributed by atoms with Crippen LogP contribution in [-0.4, -0.2) is 154 Å². The van der Waals surface area contributed by atoms with Gasteiger partial charge in [0.05, 0.1) is 26.1 Å². The molecule has 14 nitrogen and oxygen atoms in total. The molecule has 3 rings (SSSR count). The molecule has 0 aromatic heterocycles. The maximum Gasteiger partial charge on any atom is 0.320 e. The van der Waals surface area contributed by atoms with Crippen molar-refractivity contribution in [2.24, 2.45) is 0 Å². The topological polar surface area (TPSA) is 191 Å². The van der Waals surface area contributed by atoms with E-state index in [0.717, 1.165) is 16.7 Å². The Morgan fingerprint density at radius 2 is 1.12 bits per heavy atom. The predicted octanol–water partition coefficient (Wildman–Crippen LogP) is 1.95. The molecule has 1 amide bonds. The van der Waals surface area contributed by atoms with E-state index < -0.39 is 29.9 Å². The maximum absolute atomic E-state index is 12.9. The third-order valence-corrected chi connectivity index (χ3v) is 9.26. The molecule has 1 aliphatic rings. The van der Waals surface area contributed by atoms with Gasteiger partial charge in [0.25, 0.3) is 0 Å². The average Bonchev–Trinajstić information content (AvgIpc) is 3.03. The van der Waals surface area contributed by atoms with E-state index in [9.17, 15) is 44.4 Å². The highest BCUT2D eigenvalue weighted by Gasteiger charge is 2.28. The Labute approximate surface area is 301 Å². The number of nitrogens with zero attached hydrogens (tertiary/aromatic N) is 4. The number of benzene rings is 2. The summed E-state index contributed by atoms with van der Waals surface area (Å²) in [7, 11) is 0. The van der Waals surface area contributed by atoms with E-state index in [0.29, 0.717) is 22.9 Å². The summed E-state index contributed by atoms with van der Waals surface area (Å²) in [6.07, 6.45) is 1.08. The molecule has 50 heavy (non-hydrogen) atoms. The van der Waals surface area contributed by atoms with Crippen molar-refractivity contribution in [3.63, 3.8) is 0 Å². The summed E-state index contributed by atoms with van der Waals surface area (Å²) in [6.45, 7) is 1.02. The normalized spacial score (nSPS) is 16.5. The van der Waals surface area contributed by atoms with Gasteiger partial charge < -0.3 is 25.7 Å². The molecule has 0 bridgehead atoms. The summed E-state index contributed by atoms with van der Waals surface area (Å²) in [5, 5.41) is 42.4. The van der Waals surface area contributed by atoms with E-state index in [1.807, 2.05) is 24.3 Å². The van der Waals surface area contributed by atoms with Gasteiger partial charge in [0, 0.05) is 75.4 Å². The molecule has 1 aliphatic heterocycles. The zero-order valence-corrected chi connectivity index (χ0v) is 29.3. The second kappa shape index (κ2) is 20.8. The van der Waals surface area contributed by atoms with Gasteiger partial charge in [-0.25, -0.2) is 0 Å². The second-order valence-corrected chi connectivity index (χ2v) is 13.0. The summed E-state index contributed by atoms with van der Waals surface area (Å²) in [5.74, 6) is -4.50. The number of hydrogen-bond acceptors (Lipinski definition) is 9. The highest BCUT2D eigenvalue weighted by atomic mass is 35.5. The Hall–Kier alpha value is -3.79. The van der Waals surface area contributed by atoms with Crippen molar-refractivity contribution in [3.8, 4) is 0 Å². The minimum atomic E-state index is -1.09. The average molecular weight is 739 g/mol. The molecule has 5 N–H and O–H groups in total. The lowest BCUT2D eigenvalue weighted by Crippen LogP contribution is -2.51. The van der Waals surface area contributed by atoms with Crippen LogP contribution in [-0.2, 0) is 36.8 Å². The fourth-order valence-electron chi connectivity index (χ4n) is 5.93. The van der Waals surface area contributed by atoms with Crippen molar-refractivity contribution in [1.82, 2.24) is 24.9 Å². The smallest absolute Gasteiger partial charge is 0.320 e. The number of carboxylic acid groups (broad SMARTS) is 4. The first kappa shape index (κ1) is 40.6. The molecular weight excluding hydrogens is 693 g/mol. The van der Waals surface area contributed by atoms with Gasteiger partial charge in [-0.1, -0.05) is 53.5 Å². The van der Waals surface area contributed by atoms with Crippen LogP contribution in [0.3, 0.4) is 0 Å². The zero-order chi connectivity index (χ0) is 36.6. The molecule has 1 saturated heterocycles. The second-order valence-electron chi connectivity index (χ2n) is 12.2. The number of halogens is 2. The number of nitrogens with one attached hydrogen (secondary N) is 1. The van der Waals surface area contributed by atoms with E-state index in [-0.39, 0.29) is 97.3 Å². The summed E-state index contributed by atoms with van der Waals surface area (Å²) >= 11 is 12.7. The predicted molar refractivity (Wildman–Crippen MR) is 187 cm³/mol. The van der Waals surface area contributed by atoms with Crippen molar-refractivity contribution < 1.29 is 44.4 Å². The lowest BCUT2D eigenvalue weighted by atomic mass is 9.97. The lowest BCUT2D eigenvalue weighted by molar-refractivity contribution is -0.145. The summed E-state index contributed by atoms with van der Waals surface area (Å²) < 4.78 is 0. The van der Waals surface area contributed by atoms with Crippen LogP contribution < -0.4 is 5.32 Å². The first-order valence-electron chi connectivity index (χ1n) is 16.4. The number of rotatable bonds is 16. The molecule has 0 saturated carbocycles. The van der Waals surface area contributed by atoms with Gasteiger partial charge in [-0.3, -0.25) is 43.6 Å². The fraction of sp³-hybridized carbons (Fsp3) is 0.500. The Bertz CT molecular complexity index is 1430. The van der Waals surface area contributed by atoms with Crippen LogP contribution >= 0.6 is 23.2 Å². The van der Waals surface area contributed by atoms with Gasteiger partial charge in [-0.15, -0.1) is 0 Å². The van der Waals surface area contributed by atoms with Gasteiger partial charge in [-0.2, -0.15) is 0 Å². The number of amides is 1. The van der Waals surface area contributed by atoms with E-state index in [1.54, 1.807) is 37.8 Å². The molecule has 16 heteroatoms. The van der Waals surface area contributed by atoms with Crippen LogP contribution in [0.15, 0.2) is 42.5 Å². The molecular formula is C34H45Cl2N5O9. The van der Waals surface area contributed by atoms with Gasteiger partial charge >= 0.3 is 23.9 Å². The van der Waals surface area contributed by atoms with Crippen molar-refractivity contribution in [3.05, 3.63) is 69.2 Å². The minimum Gasteiger partial charge on any atom is -0.480 e. The molecule has 0 spiro atoms. The largest absolute Gasteiger partial charge is 0.480 e. The number of carboxylic acids is 4. The van der Waals surface area contributed by atoms with Crippen LogP contribution in [0.25, 0.3) is 0 Å². The fourth-order valence-corrected chi connectivity index (χ4v) is 6.46. The molecule has 1 heterocycles. The number of carbonyl (C=O) groups excluding carboxylic acids is 1. The van der Waals surface area contributed by atoms with Crippen molar-refractivity contribution in [2.75, 3.05) is 78.5 Å². The van der Waals surface area contributed by atoms with E-state index >= 15 is 0 Å². The van der Waals surface area contributed by atoms with Crippen molar-refractivity contribution in [2.45, 2.75) is 31.7 Å². The van der Waals surface area contributed by atoms with Crippen LogP contribution in [0.5, 0.6) is 0 Å². The quantitative estimate of drug-likeness (QED) is 0.157. The monoisotopic (exact) mass is 737 g/mol. The van der Waals surface area contributed by atoms with Crippen LogP contribution in [0, 0.1) is 0 Å². The minimum absolute atomic E-state index is 0.107. The van der Waals surface area contributed by atoms with E-state index in [4.69, 9.17) is 23.2 Å². The van der Waals surface area contributed by atoms with E-state index in [2.05, 4.69) is 5.32 Å². The Morgan fingerprint density at radius 3 is 1.58 bits per heavy atom. The molecule has 2 aromatic carbocycles. The third-order valence-electron chi connectivity index (χ3n) is 8.55. The molecule has 0 aliphatic carbocycles. The molecule has 1 fully saturated rings. The molecule has 274 valence electrons. The zero-order valence-electron chi connectivity index (χ0n) is 27.8. The lowest BCUT2D eigenvalue weighted by Gasteiger charge is -2.35. The Balaban J connectivity index is 1.65. The Morgan fingerprint density at radius 1 is 0.660 bits per heavy atom. The van der Waals surface area contributed by atoms with Crippen molar-refractivity contribution >= 4 is 53.0 Å². The molecule has 0 radical (unpaired) electrons. The number of aliphatic carboxylic acids is 4. The number of hydrogen-bond donors (Lipinski definition) is 5. The molecule has 2 aromatic rings. The van der Waals surface area contributed by atoms with Gasteiger partial charge in [0.2, 0.25) is 5.91 Å². The summed E-state index contributed by atoms with van der Waals surface area (Å²) in [6, 6.07) is 11.8. The standard InChI is InChI=1S/C34H45Cl2N5O9/c35-27-7-3-8-28(36)26(27)19-24-5-1-2-6-25(24)20-30(42)37-10-4-9-29(34(49)50)41-17-15-39(22-32(45)46)13-11-38(21-31(43)44)12-14-40(16-18-41)23-33(47)48/h1-3,5-8,29H,4,9-23H2,(H,37,42)(H,43,44)(H,45,46)(H,47,48)(H,49,50). The summed E-state index contributed by atoms with van der Waals surface area (Å²) in [5.41, 5.74) is 2.48. The third kappa shape index (κ3) is 14.2. The highest BCUT2D eigenvalue weighted by Crippen LogP contribution is 2.28. The van der Waals surface area contributed by atoms with Crippen LogP contribution in [0.1, 0.15) is 29.5 Å². The first-order chi connectivity index (χ1) is 23.8. The molecule has 1 unspecified atom stereocenters. The van der Waals surface area contributed by atoms with Gasteiger partial charge in [0.15, 0.2) is 0 Å². The van der Waals surface area contributed by atoms with Crippen molar-refractivity contribution in [1.29, 1.82) is 0 Å². The highest BCUT2D eigenvalue weighted by molar-refractivity contribution is 6.36. The van der Waals surface area contributed by atoms with Gasteiger partial charge in [0.1, 0.15) is 6.04 Å². The van der Waals surface area contributed by atoms with E-state index in [1.165, 1.54) is 0 Å². The maximum atomic E-state index is 12.9. The Kier molecular flexibility index (Phi) is 16.9. The SMILES string of the molecule is O=C(O)CN1CCN(CC(=O)O)CCN(C(CCCNC(=O)Cc2ccccc2Cc2c(Cl)cccc2Cl)C(=O)O)CCN(CC(=O)O)CC1. The molecule has 1 atom stereocenters. The van der Waals surface area contributed by atoms with Crippen LogP contribution in [0.4, 0.5) is 0 Å². The van der Waals surface area contributed by atoms with Crippen LogP contribution in [0.2, 0.25) is 10.0 Å². The summed E-state index contributed by atoms with van der Waals surface area (Å²) in [4.78, 5) is 66.6. The number of carbonyl (C=O) groups is 5.